The normalized spacial score (nSPS) is 14.1. The number of hydrogen-bond acceptors (Lipinski definition) is 5. The SMILES string of the molecule is [N-]=[N+]=NCC(O)C(O)c1ccc2[nH]c(=O)oc2c1. The summed E-state index contributed by atoms with van der Waals surface area (Å²) in [4.78, 5) is 15.9. The highest BCUT2D eigenvalue weighted by Gasteiger charge is 2.18. The fraction of sp³-hybridized carbons (Fsp3) is 0.300. The Morgan fingerprint density at radius 1 is 1.50 bits per heavy atom. The monoisotopic (exact) mass is 250 g/mol. The number of aromatic nitrogens is 1. The Labute approximate surface area is 100 Å². The van der Waals surface area contributed by atoms with E-state index in [2.05, 4.69) is 15.0 Å². The predicted molar refractivity (Wildman–Crippen MR) is 61.8 cm³/mol. The largest absolute Gasteiger partial charge is 0.417 e. The molecule has 94 valence electrons. The first-order chi connectivity index (χ1) is 8.61. The number of H-pyrrole nitrogens is 1. The van der Waals surface area contributed by atoms with E-state index in [4.69, 9.17) is 9.95 Å². The molecular formula is C10H10N4O4. The summed E-state index contributed by atoms with van der Waals surface area (Å²) in [5.74, 6) is -0.591. The maximum absolute atomic E-state index is 11.0. The van der Waals surface area contributed by atoms with Crippen LogP contribution >= 0.6 is 0 Å². The van der Waals surface area contributed by atoms with Gasteiger partial charge < -0.3 is 14.6 Å². The minimum absolute atomic E-state index is 0.243. The number of benzene rings is 1. The van der Waals surface area contributed by atoms with Crippen LogP contribution in [0, 0.1) is 0 Å². The minimum atomic E-state index is -1.22. The molecular weight excluding hydrogens is 240 g/mol. The third kappa shape index (κ3) is 2.35. The summed E-state index contributed by atoms with van der Waals surface area (Å²) >= 11 is 0. The van der Waals surface area contributed by atoms with Gasteiger partial charge in [0.05, 0.1) is 18.2 Å². The molecule has 18 heavy (non-hydrogen) atoms. The van der Waals surface area contributed by atoms with Crippen LogP contribution in [0.25, 0.3) is 21.5 Å². The molecule has 0 fully saturated rings. The van der Waals surface area contributed by atoms with Crippen LogP contribution in [0.1, 0.15) is 11.7 Å². The van der Waals surface area contributed by atoms with Crippen molar-refractivity contribution in [3.05, 3.63) is 44.8 Å². The molecule has 0 aliphatic rings. The number of fused-ring (bicyclic) bond motifs is 1. The molecule has 2 atom stereocenters. The number of nitrogens with one attached hydrogen (secondary N) is 1. The van der Waals surface area contributed by atoms with E-state index in [1.54, 1.807) is 6.07 Å². The van der Waals surface area contributed by atoms with Gasteiger partial charge in [-0.3, -0.25) is 4.98 Å². The number of aliphatic hydroxyl groups excluding tert-OH is 2. The highest BCUT2D eigenvalue weighted by Crippen LogP contribution is 2.21. The first-order valence-electron chi connectivity index (χ1n) is 5.11. The third-order valence-corrected chi connectivity index (χ3v) is 2.48. The van der Waals surface area contributed by atoms with Crippen LogP contribution in [0.15, 0.2) is 32.5 Å². The van der Waals surface area contributed by atoms with Crippen LogP contribution in [0.5, 0.6) is 0 Å². The van der Waals surface area contributed by atoms with Gasteiger partial charge in [-0.25, -0.2) is 4.79 Å². The Hall–Kier alpha value is -2.28. The smallest absolute Gasteiger partial charge is 0.408 e. The van der Waals surface area contributed by atoms with E-state index in [9.17, 15) is 15.0 Å². The van der Waals surface area contributed by atoms with Crippen molar-refractivity contribution in [1.82, 2.24) is 4.98 Å². The molecule has 0 radical (unpaired) electrons. The van der Waals surface area contributed by atoms with Crippen LogP contribution in [0.2, 0.25) is 0 Å². The molecule has 2 rings (SSSR count). The maximum atomic E-state index is 11.0. The topological polar surface area (TPSA) is 135 Å². The van der Waals surface area contributed by atoms with Gasteiger partial charge in [0.2, 0.25) is 0 Å². The van der Waals surface area contributed by atoms with Crippen molar-refractivity contribution in [2.45, 2.75) is 12.2 Å². The second kappa shape index (κ2) is 4.92. The van der Waals surface area contributed by atoms with Gasteiger partial charge in [0.15, 0.2) is 5.58 Å². The van der Waals surface area contributed by atoms with Crippen molar-refractivity contribution >= 4 is 11.1 Å². The quantitative estimate of drug-likeness (QED) is 0.420. The van der Waals surface area contributed by atoms with Crippen LogP contribution in [0.4, 0.5) is 0 Å². The second-order valence-corrected chi connectivity index (χ2v) is 3.70. The predicted octanol–water partition coefficient (Wildman–Crippen LogP) is 0.826. The van der Waals surface area contributed by atoms with Crippen molar-refractivity contribution in [3.63, 3.8) is 0 Å². The highest BCUT2D eigenvalue weighted by atomic mass is 16.4. The Morgan fingerprint density at radius 3 is 3.00 bits per heavy atom. The summed E-state index contributed by atoms with van der Waals surface area (Å²) < 4.78 is 4.83. The van der Waals surface area contributed by atoms with Crippen LogP contribution in [-0.2, 0) is 0 Å². The van der Waals surface area contributed by atoms with E-state index in [0.717, 1.165) is 0 Å². The number of oxazole rings is 1. The average Bonchev–Trinajstić information content (AvgIpc) is 2.73. The summed E-state index contributed by atoms with van der Waals surface area (Å²) in [5.41, 5.74) is 9.28. The lowest BCUT2D eigenvalue weighted by Crippen LogP contribution is -2.21. The Kier molecular flexibility index (Phi) is 3.33. The van der Waals surface area contributed by atoms with Crippen molar-refractivity contribution in [2.75, 3.05) is 6.54 Å². The van der Waals surface area contributed by atoms with E-state index in [1.807, 2.05) is 0 Å². The zero-order chi connectivity index (χ0) is 13.1. The number of aliphatic hydroxyl groups is 2. The Morgan fingerprint density at radius 2 is 2.28 bits per heavy atom. The molecule has 1 heterocycles. The molecule has 1 aromatic heterocycles. The maximum Gasteiger partial charge on any atom is 0.417 e. The zero-order valence-electron chi connectivity index (χ0n) is 9.15. The van der Waals surface area contributed by atoms with Crippen LogP contribution in [-0.4, -0.2) is 27.8 Å². The number of rotatable bonds is 4. The molecule has 2 unspecified atom stereocenters. The van der Waals surface area contributed by atoms with E-state index in [-0.39, 0.29) is 12.1 Å². The van der Waals surface area contributed by atoms with Gasteiger partial charge in [0, 0.05) is 4.91 Å². The number of aromatic amines is 1. The zero-order valence-corrected chi connectivity index (χ0v) is 9.15. The van der Waals surface area contributed by atoms with E-state index >= 15 is 0 Å². The molecule has 0 bridgehead atoms. The first-order valence-corrected chi connectivity index (χ1v) is 5.11. The van der Waals surface area contributed by atoms with Crippen molar-refractivity contribution in [3.8, 4) is 0 Å². The summed E-state index contributed by atoms with van der Waals surface area (Å²) in [5, 5.41) is 22.6. The van der Waals surface area contributed by atoms with Gasteiger partial charge >= 0.3 is 5.76 Å². The fourth-order valence-corrected chi connectivity index (χ4v) is 1.59. The second-order valence-electron chi connectivity index (χ2n) is 3.70. The Bertz CT molecular complexity index is 655. The number of azide groups is 1. The molecule has 3 N–H and O–H groups in total. The molecule has 8 nitrogen and oxygen atoms in total. The lowest BCUT2D eigenvalue weighted by Gasteiger charge is -2.15. The highest BCUT2D eigenvalue weighted by molar-refractivity contribution is 5.72. The summed E-state index contributed by atoms with van der Waals surface area (Å²) in [6.45, 7) is -0.243. The standard InChI is InChI=1S/C10H10N4O4/c11-14-12-4-7(15)9(16)5-1-2-6-8(3-5)18-10(17)13-6/h1-3,7,9,15-16H,4H2,(H,13,17). The van der Waals surface area contributed by atoms with Gasteiger partial charge in [-0.15, -0.1) is 0 Å². The molecule has 0 saturated heterocycles. The molecule has 0 saturated carbocycles. The molecule has 8 heteroatoms. The number of hydrogen-bond donors (Lipinski definition) is 3. The third-order valence-electron chi connectivity index (χ3n) is 2.48. The Balaban J connectivity index is 2.29. The van der Waals surface area contributed by atoms with Gasteiger partial charge in [0.25, 0.3) is 0 Å². The molecule has 0 aliphatic carbocycles. The van der Waals surface area contributed by atoms with Gasteiger partial charge in [0.1, 0.15) is 6.10 Å². The summed E-state index contributed by atoms with van der Waals surface area (Å²) in [6.07, 6.45) is -2.44. The van der Waals surface area contributed by atoms with Gasteiger partial charge in [-0.05, 0) is 23.2 Å². The van der Waals surface area contributed by atoms with Crippen molar-refractivity contribution in [1.29, 1.82) is 0 Å². The lowest BCUT2D eigenvalue weighted by atomic mass is 10.0. The molecule has 0 amide bonds. The fourth-order valence-electron chi connectivity index (χ4n) is 1.59. The average molecular weight is 250 g/mol. The van der Waals surface area contributed by atoms with Crippen LogP contribution < -0.4 is 5.76 Å². The van der Waals surface area contributed by atoms with E-state index < -0.39 is 18.0 Å². The molecule has 1 aromatic carbocycles. The van der Waals surface area contributed by atoms with E-state index in [0.29, 0.717) is 11.1 Å². The minimum Gasteiger partial charge on any atom is -0.408 e. The molecule has 2 aromatic rings. The number of nitrogens with zero attached hydrogens (tertiary/aromatic N) is 3. The van der Waals surface area contributed by atoms with Gasteiger partial charge in [-0.2, -0.15) is 0 Å². The molecule has 0 spiro atoms. The summed E-state index contributed by atoms with van der Waals surface area (Å²) in [7, 11) is 0. The van der Waals surface area contributed by atoms with E-state index in [1.165, 1.54) is 12.1 Å². The molecule has 0 aliphatic heterocycles. The van der Waals surface area contributed by atoms with Crippen molar-refractivity contribution < 1.29 is 14.6 Å². The van der Waals surface area contributed by atoms with Gasteiger partial charge in [-0.1, -0.05) is 11.2 Å². The van der Waals surface area contributed by atoms with Crippen LogP contribution in [0.3, 0.4) is 0 Å². The lowest BCUT2D eigenvalue weighted by molar-refractivity contribution is 0.0244. The first kappa shape index (κ1) is 12.2. The van der Waals surface area contributed by atoms with Crippen molar-refractivity contribution in [2.24, 2.45) is 5.11 Å². The summed E-state index contributed by atoms with van der Waals surface area (Å²) in [6, 6.07) is 4.54.